The normalized spacial score (nSPS) is 25.7. The lowest BCUT2D eigenvalue weighted by molar-refractivity contribution is -0.136. The van der Waals surface area contributed by atoms with E-state index in [-0.39, 0.29) is 18.3 Å². The van der Waals surface area contributed by atoms with E-state index in [9.17, 15) is 4.79 Å². The Labute approximate surface area is 110 Å². The molecule has 17 heavy (non-hydrogen) atoms. The molecule has 1 amide bonds. The molecule has 100 valence electrons. The number of piperidine rings is 1. The Morgan fingerprint density at radius 2 is 1.88 bits per heavy atom. The molecule has 0 aromatic heterocycles. The summed E-state index contributed by atoms with van der Waals surface area (Å²) < 4.78 is 0. The van der Waals surface area contributed by atoms with Crippen molar-refractivity contribution in [3.05, 3.63) is 0 Å². The van der Waals surface area contributed by atoms with Gasteiger partial charge in [-0.2, -0.15) is 0 Å². The highest BCUT2D eigenvalue weighted by atomic mass is 35.5. The fraction of sp³-hybridized carbons (Fsp3) is 0.917. The molecule has 0 aliphatic carbocycles. The summed E-state index contributed by atoms with van der Waals surface area (Å²) in [4.78, 5) is 16.6. The van der Waals surface area contributed by atoms with Gasteiger partial charge in [-0.25, -0.2) is 0 Å². The summed E-state index contributed by atoms with van der Waals surface area (Å²) in [5.74, 6) is 0.623. The standard InChI is InChI=1S/C12H23N3O.ClH/c13-5-9-14-6-3-4-11(10-14)12(16)15-7-1-2-8-15;/h11H,1-10,13H2;1H. The van der Waals surface area contributed by atoms with Gasteiger partial charge in [0.2, 0.25) is 5.91 Å². The van der Waals surface area contributed by atoms with Crippen LogP contribution in [0.1, 0.15) is 25.7 Å². The Morgan fingerprint density at radius 1 is 1.18 bits per heavy atom. The highest BCUT2D eigenvalue weighted by Crippen LogP contribution is 2.20. The first kappa shape index (κ1) is 14.7. The molecule has 2 rings (SSSR count). The molecular weight excluding hydrogens is 238 g/mol. The Morgan fingerprint density at radius 3 is 2.53 bits per heavy atom. The van der Waals surface area contributed by atoms with Gasteiger partial charge in [-0.05, 0) is 32.2 Å². The van der Waals surface area contributed by atoms with Crippen molar-refractivity contribution in [2.24, 2.45) is 11.7 Å². The van der Waals surface area contributed by atoms with Gasteiger partial charge >= 0.3 is 0 Å². The second-order valence-corrected chi connectivity index (χ2v) is 4.96. The Hall–Kier alpha value is -0.320. The zero-order valence-electron chi connectivity index (χ0n) is 10.4. The molecule has 5 heteroatoms. The lowest BCUT2D eigenvalue weighted by Crippen LogP contribution is -2.45. The third-order valence-electron chi connectivity index (χ3n) is 3.72. The fourth-order valence-corrected chi connectivity index (χ4v) is 2.84. The Bertz CT molecular complexity index is 242. The molecule has 0 saturated carbocycles. The molecule has 2 N–H and O–H groups in total. The Balaban J connectivity index is 0.00000144. The third kappa shape index (κ3) is 3.83. The molecule has 2 aliphatic rings. The van der Waals surface area contributed by atoms with Crippen molar-refractivity contribution in [2.45, 2.75) is 25.7 Å². The quantitative estimate of drug-likeness (QED) is 0.814. The van der Waals surface area contributed by atoms with Gasteiger partial charge in [-0.15, -0.1) is 12.4 Å². The molecule has 4 nitrogen and oxygen atoms in total. The first-order valence-electron chi connectivity index (χ1n) is 6.52. The predicted molar refractivity (Wildman–Crippen MR) is 71.3 cm³/mol. The largest absolute Gasteiger partial charge is 0.342 e. The molecule has 0 bridgehead atoms. The second kappa shape index (κ2) is 7.19. The van der Waals surface area contributed by atoms with E-state index in [0.29, 0.717) is 12.5 Å². The van der Waals surface area contributed by atoms with Crippen LogP contribution in [-0.4, -0.2) is 55.0 Å². The number of likely N-dealkylation sites (tertiary alicyclic amines) is 2. The van der Waals surface area contributed by atoms with E-state index >= 15 is 0 Å². The highest BCUT2D eigenvalue weighted by Gasteiger charge is 2.29. The van der Waals surface area contributed by atoms with E-state index in [1.165, 1.54) is 12.8 Å². The van der Waals surface area contributed by atoms with Crippen LogP contribution in [0.15, 0.2) is 0 Å². The molecule has 2 aliphatic heterocycles. The number of hydrogen-bond donors (Lipinski definition) is 1. The van der Waals surface area contributed by atoms with Gasteiger partial charge in [-0.3, -0.25) is 4.79 Å². The van der Waals surface area contributed by atoms with Gasteiger partial charge in [0.15, 0.2) is 0 Å². The molecule has 2 saturated heterocycles. The van der Waals surface area contributed by atoms with E-state index in [4.69, 9.17) is 5.73 Å². The zero-order chi connectivity index (χ0) is 11.4. The number of carbonyl (C=O) groups excluding carboxylic acids is 1. The van der Waals surface area contributed by atoms with Gasteiger partial charge in [0.1, 0.15) is 0 Å². The minimum absolute atomic E-state index is 0. The first-order valence-corrected chi connectivity index (χ1v) is 6.52. The van der Waals surface area contributed by atoms with Crippen LogP contribution in [-0.2, 0) is 4.79 Å². The number of carbonyl (C=O) groups is 1. The first-order chi connectivity index (χ1) is 7.81. The monoisotopic (exact) mass is 261 g/mol. The van der Waals surface area contributed by atoms with Crippen LogP contribution in [0, 0.1) is 5.92 Å². The molecule has 2 fully saturated rings. The summed E-state index contributed by atoms with van der Waals surface area (Å²) in [5, 5.41) is 0. The summed E-state index contributed by atoms with van der Waals surface area (Å²) in [7, 11) is 0. The van der Waals surface area contributed by atoms with Crippen molar-refractivity contribution < 1.29 is 4.79 Å². The molecule has 0 spiro atoms. The summed E-state index contributed by atoms with van der Waals surface area (Å²) in [6.45, 7) is 5.63. The van der Waals surface area contributed by atoms with Gasteiger partial charge in [0.05, 0.1) is 5.92 Å². The highest BCUT2D eigenvalue weighted by molar-refractivity contribution is 5.85. The SMILES string of the molecule is Cl.NCCN1CCCC(C(=O)N2CCCC2)C1. The number of rotatable bonds is 3. The lowest BCUT2D eigenvalue weighted by Gasteiger charge is -2.33. The fourth-order valence-electron chi connectivity index (χ4n) is 2.84. The molecule has 0 aromatic carbocycles. The second-order valence-electron chi connectivity index (χ2n) is 4.96. The number of nitrogens with zero attached hydrogens (tertiary/aromatic N) is 2. The molecule has 1 unspecified atom stereocenters. The maximum absolute atomic E-state index is 12.2. The van der Waals surface area contributed by atoms with E-state index in [1.54, 1.807) is 0 Å². The summed E-state index contributed by atoms with van der Waals surface area (Å²) in [6, 6.07) is 0. The van der Waals surface area contributed by atoms with Crippen molar-refractivity contribution in [1.29, 1.82) is 0 Å². The number of hydrogen-bond acceptors (Lipinski definition) is 3. The van der Waals surface area contributed by atoms with Gasteiger partial charge in [-0.1, -0.05) is 0 Å². The maximum atomic E-state index is 12.2. The van der Waals surface area contributed by atoms with E-state index in [1.807, 2.05) is 0 Å². The predicted octanol–water partition coefficient (Wildman–Crippen LogP) is 0.701. The minimum Gasteiger partial charge on any atom is -0.342 e. The third-order valence-corrected chi connectivity index (χ3v) is 3.72. The topological polar surface area (TPSA) is 49.6 Å². The van der Waals surface area contributed by atoms with E-state index < -0.39 is 0 Å². The molecule has 1 atom stereocenters. The van der Waals surface area contributed by atoms with Crippen molar-refractivity contribution in [3.8, 4) is 0 Å². The minimum atomic E-state index is 0. The van der Waals surface area contributed by atoms with Gasteiger partial charge < -0.3 is 15.5 Å². The summed E-state index contributed by atoms with van der Waals surface area (Å²) in [5.41, 5.74) is 5.57. The van der Waals surface area contributed by atoms with Crippen LogP contribution in [0.2, 0.25) is 0 Å². The summed E-state index contributed by atoms with van der Waals surface area (Å²) >= 11 is 0. The van der Waals surface area contributed by atoms with Crippen LogP contribution >= 0.6 is 12.4 Å². The van der Waals surface area contributed by atoms with Crippen LogP contribution < -0.4 is 5.73 Å². The van der Waals surface area contributed by atoms with Crippen molar-refractivity contribution in [2.75, 3.05) is 39.3 Å². The van der Waals surface area contributed by atoms with Crippen molar-refractivity contribution in [1.82, 2.24) is 9.80 Å². The van der Waals surface area contributed by atoms with Crippen LogP contribution in [0.3, 0.4) is 0 Å². The van der Waals surface area contributed by atoms with Gasteiger partial charge in [0.25, 0.3) is 0 Å². The molecular formula is C12H24ClN3O. The van der Waals surface area contributed by atoms with E-state index in [0.717, 1.165) is 45.6 Å². The van der Waals surface area contributed by atoms with Gasteiger partial charge in [0, 0.05) is 32.7 Å². The number of nitrogens with two attached hydrogens (primary N) is 1. The smallest absolute Gasteiger partial charge is 0.226 e. The van der Waals surface area contributed by atoms with Crippen molar-refractivity contribution in [3.63, 3.8) is 0 Å². The number of amides is 1. The average Bonchev–Trinajstić information content (AvgIpc) is 2.82. The summed E-state index contributed by atoms with van der Waals surface area (Å²) in [6.07, 6.45) is 4.58. The average molecular weight is 262 g/mol. The van der Waals surface area contributed by atoms with Crippen LogP contribution in [0.4, 0.5) is 0 Å². The Kier molecular flexibility index (Phi) is 6.23. The zero-order valence-corrected chi connectivity index (χ0v) is 11.3. The molecule has 2 heterocycles. The van der Waals surface area contributed by atoms with Crippen LogP contribution in [0.25, 0.3) is 0 Å². The van der Waals surface area contributed by atoms with E-state index in [2.05, 4.69) is 9.80 Å². The van der Waals surface area contributed by atoms with Crippen LogP contribution in [0.5, 0.6) is 0 Å². The lowest BCUT2D eigenvalue weighted by atomic mass is 9.96. The number of halogens is 1. The molecule has 0 radical (unpaired) electrons. The molecule has 0 aromatic rings. The van der Waals surface area contributed by atoms with Crippen molar-refractivity contribution >= 4 is 18.3 Å². The maximum Gasteiger partial charge on any atom is 0.226 e.